The van der Waals surface area contributed by atoms with E-state index < -0.39 is 0 Å². The lowest BCUT2D eigenvalue weighted by atomic mass is 10.1. The normalized spacial score (nSPS) is 23.1. The van der Waals surface area contributed by atoms with E-state index in [0.717, 1.165) is 36.1 Å². The Kier molecular flexibility index (Phi) is 3.40. The molecule has 2 aromatic rings. The van der Waals surface area contributed by atoms with Crippen LogP contribution in [0, 0.1) is 6.92 Å². The molecule has 20 heavy (non-hydrogen) atoms. The molecule has 3 rings (SSSR count). The molecular formula is C14H20N6. The SMILES string of the molecule is Cc1ncccc1-c1nc(N2CC(C)NC(C)C2)n[nH]1. The molecule has 1 fully saturated rings. The summed E-state index contributed by atoms with van der Waals surface area (Å²) in [6.07, 6.45) is 1.79. The second-order valence-corrected chi connectivity index (χ2v) is 5.49. The van der Waals surface area contributed by atoms with Gasteiger partial charge in [-0.05, 0) is 32.9 Å². The minimum Gasteiger partial charge on any atom is -0.336 e. The van der Waals surface area contributed by atoms with Gasteiger partial charge in [0.05, 0.1) is 0 Å². The molecule has 1 aliphatic rings. The van der Waals surface area contributed by atoms with E-state index in [1.54, 1.807) is 6.20 Å². The van der Waals surface area contributed by atoms with Gasteiger partial charge in [0, 0.05) is 42.6 Å². The van der Waals surface area contributed by atoms with E-state index >= 15 is 0 Å². The Labute approximate surface area is 118 Å². The summed E-state index contributed by atoms with van der Waals surface area (Å²) in [6.45, 7) is 8.19. The molecular weight excluding hydrogens is 252 g/mol. The molecule has 2 N–H and O–H groups in total. The van der Waals surface area contributed by atoms with Gasteiger partial charge in [-0.1, -0.05) is 0 Å². The predicted molar refractivity (Wildman–Crippen MR) is 78.6 cm³/mol. The van der Waals surface area contributed by atoms with Crippen LogP contribution >= 0.6 is 0 Å². The molecule has 0 radical (unpaired) electrons. The largest absolute Gasteiger partial charge is 0.336 e. The molecule has 1 aliphatic heterocycles. The average molecular weight is 272 g/mol. The Morgan fingerprint density at radius 3 is 2.70 bits per heavy atom. The average Bonchev–Trinajstić information content (AvgIpc) is 2.87. The van der Waals surface area contributed by atoms with Gasteiger partial charge < -0.3 is 10.2 Å². The molecule has 1 saturated heterocycles. The van der Waals surface area contributed by atoms with Crippen LogP contribution in [0.5, 0.6) is 0 Å². The first-order valence-electron chi connectivity index (χ1n) is 6.99. The highest BCUT2D eigenvalue weighted by Crippen LogP contribution is 2.20. The van der Waals surface area contributed by atoms with Crippen LogP contribution in [-0.2, 0) is 0 Å². The molecule has 6 heteroatoms. The molecule has 2 unspecified atom stereocenters. The molecule has 0 spiro atoms. The number of hydrogen-bond donors (Lipinski definition) is 2. The lowest BCUT2D eigenvalue weighted by Gasteiger charge is -2.35. The van der Waals surface area contributed by atoms with E-state index in [1.165, 1.54) is 0 Å². The van der Waals surface area contributed by atoms with E-state index in [-0.39, 0.29) is 0 Å². The summed E-state index contributed by atoms with van der Waals surface area (Å²) >= 11 is 0. The molecule has 106 valence electrons. The fourth-order valence-corrected chi connectivity index (χ4v) is 2.74. The van der Waals surface area contributed by atoms with Crippen molar-refractivity contribution in [3.63, 3.8) is 0 Å². The Morgan fingerprint density at radius 2 is 2.00 bits per heavy atom. The van der Waals surface area contributed by atoms with Crippen molar-refractivity contribution >= 4 is 5.95 Å². The number of aromatic nitrogens is 4. The Hall–Kier alpha value is -1.95. The zero-order valence-electron chi connectivity index (χ0n) is 12.1. The van der Waals surface area contributed by atoms with Gasteiger partial charge in [0.1, 0.15) is 0 Å². The third-order valence-electron chi connectivity index (χ3n) is 3.58. The van der Waals surface area contributed by atoms with E-state index in [2.05, 4.69) is 44.2 Å². The highest BCUT2D eigenvalue weighted by molar-refractivity contribution is 5.58. The van der Waals surface area contributed by atoms with Crippen molar-refractivity contribution in [3.8, 4) is 11.4 Å². The van der Waals surface area contributed by atoms with Crippen LogP contribution in [0.25, 0.3) is 11.4 Å². The van der Waals surface area contributed by atoms with Crippen LogP contribution in [0.1, 0.15) is 19.5 Å². The van der Waals surface area contributed by atoms with Crippen molar-refractivity contribution in [2.24, 2.45) is 0 Å². The Balaban J connectivity index is 1.85. The summed E-state index contributed by atoms with van der Waals surface area (Å²) in [5.41, 5.74) is 1.96. The van der Waals surface area contributed by atoms with Crippen molar-refractivity contribution in [2.75, 3.05) is 18.0 Å². The van der Waals surface area contributed by atoms with Crippen LogP contribution in [0.15, 0.2) is 18.3 Å². The molecule has 0 amide bonds. The maximum absolute atomic E-state index is 4.63. The number of nitrogens with zero attached hydrogens (tertiary/aromatic N) is 4. The second kappa shape index (κ2) is 5.20. The highest BCUT2D eigenvalue weighted by Gasteiger charge is 2.24. The summed E-state index contributed by atoms with van der Waals surface area (Å²) < 4.78 is 0. The fraction of sp³-hybridized carbons (Fsp3) is 0.500. The summed E-state index contributed by atoms with van der Waals surface area (Å²) in [4.78, 5) is 11.1. The molecule has 0 saturated carbocycles. The van der Waals surface area contributed by atoms with Gasteiger partial charge in [-0.25, -0.2) is 0 Å². The first kappa shape index (κ1) is 13.1. The zero-order chi connectivity index (χ0) is 14.1. The standard InChI is InChI=1S/C14H20N6/c1-9-7-20(8-10(2)16-9)14-17-13(18-19-14)12-5-4-6-15-11(12)3/h4-6,9-10,16H,7-8H2,1-3H3,(H,17,18,19). The fourth-order valence-electron chi connectivity index (χ4n) is 2.74. The first-order chi connectivity index (χ1) is 9.63. The summed E-state index contributed by atoms with van der Waals surface area (Å²) in [5, 5.41) is 10.9. The van der Waals surface area contributed by atoms with Crippen LogP contribution < -0.4 is 10.2 Å². The van der Waals surface area contributed by atoms with Crippen molar-refractivity contribution in [1.29, 1.82) is 0 Å². The summed E-state index contributed by atoms with van der Waals surface area (Å²) in [6, 6.07) is 4.82. The monoisotopic (exact) mass is 272 g/mol. The van der Waals surface area contributed by atoms with Crippen LogP contribution in [0.3, 0.4) is 0 Å². The zero-order valence-corrected chi connectivity index (χ0v) is 12.1. The Morgan fingerprint density at radius 1 is 1.25 bits per heavy atom. The van der Waals surface area contributed by atoms with E-state index in [1.807, 2.05) is 19.1 Å². The summed E-state index contributed by atoms with van der Waals surface area (Å²) in [5.74, 6) is 1.55. The molecule has 2 aromatic heterocycles. The van der Waals surface area contributed by atoms with Crippen molar-refractivity contribution in [2.45, 2.75) is 32.9 Å². The van der Waals surface area contributed by atoms with Gasteiger partial charge in [-0.3, -0.25) is 10.1 Å². The molecule has 0 aliphatic carbocycles. The van der Waals surface area contributed by atoms with E-state index in [0.29, 0.717) is 12.1 Å². The maximum atomic E-state index is 4.63. The van der Waals surface area contributed by atoms with Crippen molar-refractivity contribution in [3.05, 3.63) is 24.0 Å². The minimum atomic E-state index is 0.445. The number of aryl methyl sites for hydroxylation is 1. The number of aromatic amines is 1. The quantitative estimate of drug-likeness (QED) is 0.864. The lowest BCUT2D eigenvalue weighted by Crippen LogP contribution is -2.54. The number of nitrogens with one attached hydrogen (secondary N) is 2. The third kappa shape index (κ3) is 2.51. The maximum Gasteiger partial charge on any atom is 0.245 e. The molecule has 2 atom stereocenters. The van der Waals surface area contributed by atoms with Gasteiger partial charge in [-0.2, -0.15) is 4.98 Å². The van der Waals surface area contributed by atoms with Crippen LogP contribution in [0.4, 0.5) is 5.95 Å². The number of pyridine rings is 1. The van der Waals surface area contributed by atoms with Crippen molar-refractivity contribution in [1.82, 2.24) is 25.5 Å². The number of anilines is 1. The molecule has 6 nitrogen and oxygen atoms in total. The van der Waals surface area contributed by atoms with Gasteiger partial charge in [-0.15, -0.1) is 5.10 Å². The smallest absolute Gasteiger partial charge is 0.245 e. The van der Waals surface area contributed by atoms with E-state index in [4.69, 9.17) is 0 Å². The van der Waals surface area contributed by atoms with Gasteiger partial charge in [0.15, 0.2) is 5.82 Å². The number of hydrogen-bond acceptors (Lipinski definition) is 5. The first-order valence-corrected chi connectivity index (χ1v) is 6.99. The molecule has 0 aromatic carbocycles. The number of rotatable bonds is 2. The predicted octanol–water partition coefficient (Wildman–Crippen LogP) is 1.36. The summed E-state index contributed by atoms with van der Waals surface area (Å²) in [7, 11) is 0. The lowest BCUT2D eigenvalue weighted by molar-refractivity contribution is 0.403. The van der Waals surface area contributed by atoms with Gasteiger partial charge in [0.25, 0.3) is 0 Å². The minimum absolute atomic E-state index is 0.445. The topological polar surface area (TPSA) is 69.7 Å². The number of piperazine rings is 1. The van der Waals surface area contributed by atoms with Gasteiger partial charge in [0.2, 0.25) is 5.95 Å². The van der Waals surface area contributed by atoms with Crippen LogP contribution in [-0.4, -0.2) is 45.3 Å². The third-order valence-corrected chi connectivity index (χ3v) is 3.58. The van der Waals surface area contributed by atoms with Gasteiger partial charge >= 0.3 is 0 Å². The van der Waals surface area contributed by atoms with Crippen molar-refractivity contribution < 1.29 is 0 Å². The van der Waals surface area contributed by atoms with Crippen LogP contribution in [0.2, 0.25) is 0 Å². The van der Waals surface area contributed by atoms with E-state index in [9.17, 15) is 0 Å². The second-order valence-electron chi connectivity index (χ2n) is 5.49. The molecule has 3 heterocycles. The molecule has 0 bridgehead atoms. The Bertz CT molecular complexity index is 583. The highest BCUT2D eigenvalue weighted by atomic mass is 15.4. The number of H-pyrrole nitrogens is 1.